The van der Waals surface area contributed by atoms with Crippen LogP contribution in [-0.4, -0.2) is 46.3 Å². The maximum Gasteiger partial charge on any atom is 0.253 e. The minimum absolute atomic E-state index is 0.155. The Labute approximate surface area is 123 Å². The van der Waals surface area contributed by atoms with E-state index in [1.165, 1.54) is 12.1 Å². The van der Waals surface area contributed by atoms with E-state index in [-0.39, 0.29) is 23.6 Å². The maximum atomic E-state index is 13.8. The average molecular weight is 291 g/mol. The quantitative estimate of drug-likeness (QED) is 0.763. The molecule has 2 rings (SSSR count). The van der Waals surface area contributed by atoms with Crippen molar-refractivity contribution in [2.24, 2.45) is 0 Å². The summed E-state index contributed by atoms with van der Waals surface area (Å²) in [6, 6.07) is 4.13. The van der Waals surface area contributed by atoms with Crippen molar-refractivity contribution in [2.45, 2.75) is 25.4 Å². The van der Waals surface area contributed by atoms with Crippen molar-refractivity contribution in [1.29, 1.82) is 0 Å². The van der Waals surface area contributed by atoms with Crippen molar-refractivity contribution >= 4 is 5.91 Å². The van der Waals surface area contributed by atoms with Gasteiger partial charge in [-0.3, -0.25) is 4.79 Å². The molecule has 0 aliphatic carbocycles. The summed E-state index contributed by atoms with van der Waals surface area (Å²) in [5, 5.41) is 18.5. The molecular formula is C16H18FNO3. The number of amides is 1. The van der Waals surface area contributed by atoms with Gasteiger partial charge < -0.3 is 15.1 Å². The second kappa shape index (κ2) is 6.25. The van der Waals surface area contributed by atoms with E-state index in [9.17, 15) is 14.3 Å². The fraction of sp³-hybridized carbons (Fsp3) is 0.438. The predicted octanol–water partition coefficient (Wildman–Crippen LogP) is 1.16. The lowest BCUT2D eigenvalue weighted by Crippen LogP contribution is -2.45. The average Bonchev–Trinajstić information content (AvgIpc) is 2.45. The fourth-order valence-corrected chi connectivity index (χ4v) is 2.26. The van der Waals surface area contributed by atoms with Gasteiger partial charge in [0, 0.05) is 18.7 Å². The molecule has 1 saturated heterocycles. The first-order valence-electron chi connectivity index (χ1n) is 6.84. The molecule has 4 nitrogen and oxygen atoms in total. The summed E-state index contributed by atoms with van der Waals surface area (Å²) in [5.41, 5.74) is -0.308. The molecule has 0 atom stereocenters. The number of benzene rings is 1. The zero-order valence-corrected chi connectivity index (χ0v) is 11.9. The standard InChI is InChI=1S/C16H18FNO3/c1-16(21)6-8-18(9-7-16)15(20)13-5-4-12(3-2-10-19)14(17)11-13/h4-5,11,19,21H,6-10H2,1H3. The Morgan fingerprint density at radius 1 is 1.43 bits per heavy atom. The van der Waals surface area contributed by atoms with Crippen LogP contribution in [0.1, 0.15) is 35.7 Å². The van der Waals surface area contributed by atoms with Crippen molar-refractivity contribution in [3.8, 4) is 11.8 Å². The highest BCUT2D eigenvalue weighted by Gasteiger charge is 2.30. The molecule has 0 bridgehead atoms. The highest BCUT2D eigenvalue weighted by atomic mass is 19.1. The molecule has 21 heavy (non-hydrogen) atoms. The monoisotopic (exact) mass is 291 g/mol. The number of carbonyl (C=O) groups excluding carboxylic acids is 1. The Morgan fingerprint density at radius 2 is 2.10 bits per heavy atom. The first-order chi connectivity index (χ1) is 9.93. The molecule has 112 valence electrons. The van der Waals surface area contributed by atoms with Crippen molar-refractivity contribution in [2.75, 3.05) is 19.7 Å². The fourth-order valence-electron chi connectivity index (χ4n) is 2.26. The Balaban J connectivity index is 2.12. The summed E-state index contributed by atoms with van der Waals surface area (Å²) < 4.78 is 13.8. The predicted molar refractivity (Wildman–Crippen MR) is 76.1 cm³/mol. The van der Waals surface area contributed by atoms with Gasteiger partial charge in [-0.2, -0.15) is 0 Å². The number of hydrogen-bond donors (Lipinski definition) is 2. The number of halogens is 1. The second-order valence-electron chi connectivity index (χ2n) is 5.44. The van der Waals surface area contributed by atoms with Crippen LogP contribution in [0.15, 0.2) is 18.2 Å². The molecule has 2 N–H and O–H groups in total. The van der Waals surface area contributed by atoms with Gasteiger partial charge in [0.2, 0.25) is 0 Å². The van der Waals surface area contributed by atoms with Gasteiger partial charge in [-0.05, 0) is 38.0 Å². The van der Waals surface area contributed by atoms with Crippen LogP contribution in [0.5, 0.6) is 0 Å². The first kappa shape index (κ1) is 15.5. The molecule has 0 spiro atoms. The molecule has 1 heterocycles. The van der Waals surface area contributed by atoms with Gasteiger partial charge in [-0.15, -0.1) is 0 Å². The molecule has 1 aromatic rings. The topological polar surface area (TPSA) is 60.8 Å². The summed E-state index contributed by atoms with van der Waals surface area (Å²) in [5.74, 6) is 4.03. The summed E-state index contributed by atoms with van der Waals surface area (Å²) in [6.07, 6.45) is 1.03. The van der Waals surface area contributed by atoms with Crippen molar-refractivity contribution in [3.63, 3.8) is 0 Å². The minimum atomic E-state index is -0.730. The Bertz CT molecular complexity index is 591. The molecule has 0 saturated carbocycles. The first-order valence-corrected chi connectivity index (χ1v) is 6.84. The zero-order valence-electron chi connectivity index (χ0n) is 11.9. The van der Waals surface area contributed by atoms with Gasteiger partial charge in [0.25, 0.3) is 5.91 Å². The third-order valence-corrected chi connectivity index (χ3v) is 3.65. The highest BCUT2D eigenvalue weighted by molar-refractivity contribution is 5.94. The summed E-state index contributed by atoms with van der Waals surface area (Å²) >= 11 is 0. The lowest BCUT2D eigenvalue weighted by atomic mass is 9.93. The molecule has 1 fully saturated rings. The number of aliphatic hydroxyl groups excluding tert-OH is 1. The summed E-state index contributed by atoms with van der Waals surface area (Å²) in [4.78, 5) is 13.9. The van der Waals surface area contributed by atoms with Crippen LogP contribution in [0.4, 0.5) is 4.39 Å². The summed E-state index contributed by atoms with van der Waals surface area (Å²) in [6.45, 7) is 2.33. The smallest absolute Gasteiger partial charge is 0.253 e. The molecule has 1 aliphatic heterocycles. The molecule has 0 radical (unpaired) electrons. The Hall–Kier alpha value is -1.90. The van der Waals surface area contributed by atoms with E-state index >= 15 is 0 Å². The molecule has 0 unspecified atom stereocenters. The molecule has 1 aliphatic rings. The maximum absolute atomic E-state index is 13.8. The molecule has 0 aromatic heterocycles. The number of hydrogen-bond acceptors (Lipinski definition) is 3. The minimum Gasteiger partial charge on any atom is -0.390 e. The van der Waals surface area contributed by atoms with E-state index in [0.717, 1.165) is 6.07 Å². The lowest BCUT2D eigenvalue weighted by molar-refractivity contribution is -0.00204. The van der Waals surface area contributed by atoms with Gasteiger partial charge in [-0.25, -0.2) is 4.39 Å². The van der Waals surface area contributed by atoms with Gasteiger partial charge in [0.05, 0.1) is 11.2 Å². The van der Waals surface area contributed by atoms with Crippen molar-refractivity contribution < 1.29 is 19.4 Å². The SMILES string of the molecule is CC1(O)CCN(C(=O)c2ccc(C#CCO)c(F)c2)CC1. The number of rotatable bonds is 1. The summed E-state index contributed by atoms with van der Waals surface area (Å²) in [7, 11) is 0. The molecule has 1 aromatic carbocycles. The van der Waals surface area contributed by atoms with Gasteiger partial charge in [0.1, 0.15) is 12.4 Å². The van der Waals surface area contributed by atoms with E-state index in [4.69, 9.17) is 5.11 Å². The normalized spacial score (nSPS) is 17.0. The van der Waals surface area contributed by atoms with E-state index < -0.39 is 11.4 Å². The van der Waals surface area contributed by atoms with E-state index in [1.807, 2.05) is 0 Å². The number of aliphatic hydroxyl groups is 2. The third kappa shape index (κ3) is 3.81. The van der Waals surface area contributed by atoms with Crippen LogP contribution in [0.25, 0.3) is 0 Å². The van der Waals surface area contributed by atoms with Gasteiger partial charge >= 0.3 is 0 Å². The number of likely N-dealkylation sites (tertiary alicyclic amines) is 1. The van der Waals surface area contributed by atoms with E-state index in [0.29, 0.717) is 25.9 Å². The Kier molecular flexibility index (Phi) is 4.61. The van der Waals surface area contributed by atoms with Crippen LogP contribution in [-0.2, 0) is 0 Å². The lowest BCUT2D eigenvalue weighted by Gasteiger charge is -2.35. The van der Waals surface area contributed by atoms with Crippen LogP contribution >= 0.6 is 0 Å². The van der Waals surface area contributed by atoms with Gasteiger partial charge in [0.15, 0.2) is 0 Å². The number of piperidine rings is 1. The molecule has 1 amide bonds. The number of carbonyl (C=O) groups is 1. The van der Waals surface area contributed by atoms with Crippen LogP contribution in [0.2, 0.25) is 0 Å². The zero-order chi connectivity index (χ0) is 15.5. The van der Waals surface area contributed by atoms with Crippen LogP contribution in [0, 0.1) is 17.7 Å². The largest absolute Gasteiger partial charge is 0.390 e. The van der Waals surface area contributed by atoms with Crippen molar-refractivity contribution in [1.82, 2.24) is 4.90 Å². The van der Waals surface area contributed by atoms with E-state index in [2.05, 4.69) is 11.8 Å². The van der Waals surface area contributed by atoms with Crippen LogP contribution in [0.3, 0.4) is 0 Å². The Morgan fingerprint density at radius 3 is 2.67 bits per heavy atom. The number of nitrogens with zero attached hydrogens (tertiary/aromatic N) is 1. The van der Waals surface area contributed by atoms with Crippen LogP contribution < -0.4 is 0 Å². The molecular weight excluding hydrogens is 273 g/mol. The van der Waals surface area contributed by atoms with E-state index in [1.54, 1.807) is 11.8 Å². The third-order valence-electron chi connectivity index (χ3n) is 3.65. The highest BCUT2D eigenvalue weighted by Crippen LogP contribution is 2.22. The van der Waals surface area contributed by atoms with Gasteiger partial charge in [-0.1, -0.05) is 11.8 Å². The second-order valence-corrected chi connectivity index (χ2v) is 5.44. The molecule has 5 heteroatoms. The van der Waals surface area contributed by atoms with Crippen molar-refractivity contribution in [3.05, 3.63) is 35.1 Å².